The highest BCUT2D eigenvalue weighted by Gasteiger charge is 2.28. The molecule has 2 unspecified atom stereocenters. The van der Waals surface area contributed by atoms with Gasteiger partial charge < -0.3 is 10.6 Å². The summed E-state index contributed by atoms with van der Waals surface area (Å²) in [6.07, 6.45) is 3.20. The van der Waals surface area contributed by atoms with Gasteiger partial charge in [-0.1, -0.05) is 30.3 Å². The second-order valence-electron chi connectivity index (χ2n) is 5.86. The highest BCUT2D eigenvalue weighted by molar-refractivity contribution is 5.82. The number of likely N-dealkylation sites (tertiary alicyclic amines) is 1. The standard InChI is InChI=1S/C16H23N3O/c20-16-15(7-4-9-17-16)18-14-8-10-19(12-14)11-13-5-2-1-3-6-13/h1-3,5-6,14-15,18H,4,7-12H2,(H,17,20). The van der Waals surface area contributed by atoms with E-state index in [9.17, 15) is 4.79 Å². The summed E-state index contributed by atoms with van der Waals surface area (Å²) < 4.78 is 0. The molecule has 1 aromatic carbocycles. The van der Waals surface area contributed by atoms with Crippen LogP contribution in [0.15, 0.2) is 30.3 Å². The van der Waals surface area contributed by atoms with Gasteiger partial charge in [0.1, 0.15) is 0 Å². The SMILES string of the molecule is O=C1NCCCC1NC1CCN(Cc2ccccc2)C1. The second-order valence-corrected chi connectivity index (χ2v) is 5.86. The largest absolute Gasteiger partial charge is 0.355 e. The van der Waals surface area contributed by atoms with E-state index in [0.717, 1.165) is 45.4 Å². The molecule has 0 aliphatic carbocycles. The lowest BCUT2D eigenvalue weighted by atomic mass is 10.1. The monoisotopic (exact) mass is 273 g/mol. The van der Waals surface area contributed by atoms with Gasteiger partial charge in [0, 0.05) is 32.2 Å². The van der Waals surface area contributed by atoms with E-state index in [1.807, 2.05) is 0 Å². The van der Waals surface area contributed by atoms with E-state index in [1.165, 1.54) is 5.56 Å². The van der Waals surface area contributed by atoms with Crippen LogP contribution in [-0.4, -0.2) is 42.5 Å². The van der Waals surface area contributed by atoms with Crippen molar-refractivity contribution in [3.8, 4) is 0 Å². The van der Waals surface area contributed by atoms with Crippen molar-refractivity contribution in [2.75, 3.05) is 19.6 Å². The van der Waals surface area contributed by atoms with Crippen molar-refractivity contribution in [3.05, 3.63) is 35.9 Å². The first-order chi connectivity index (χ1) is 9.81. The lowest BCUT2D eigenvalue weighted by molar-refractivity contribution is -0.124. The molecule has 2 heterocycles. The van der Waals surface area contributed by atoms with Crippen molar-refractivity contribution in [2.45, 2.75) is 37.9 Å². The third-order valence-electron chi connectivity index (χ3n) is 4.24. The molecule has 4 heteroatoms. The average Bonchev–Trinajstić information content (AvgIpc) is 2.90. The van der Waals surface area contributed by atoms with Crippen LogP contribution in [0, 0.1) is 0 Å². The van der Waals surface area contributed by atoms with Gasteiger partial charge in [0.2, 0.25) is 5.91 Å². The Bertz CT molecular complexity index is 448. The van der Waals surface area contributed by atoms with E-state index < -0.39 is 0 Å². The maximum Gasteiger partial charge on any atom is 0.237 e. The molecule has 20 heavy (non-hydrogen) atoms. The van der Waals surface area contributed by atoms with Crippen LogP contribution in [0.2, 0.25) is 0 Å². The van der Waals surface area contributed by atoms with Gasteiger partial charge >= 0.3 is 0 Å². The fraction of sp³-hybridized carbons (Fsp3) is 0.562. The zero-order valence-corrected chi connectivity index (χ0v) is 11.8. The Kier molecular flexibility index (Phi) is 4.33. The van der Waals surface area contributed by atoms with Crippen LogP contribution in [-0.2, 0) is 11.3 Å². The first-order valence-electron chi connectivity index (χ1n) is 7.61. The lowest BCUT2D eigenvalue weighted by Crippen LogP contribution is -2.52. The number of carbonyl (C=O) groups excluding carboxylic acids is 1. The number of piperidine rings is 1. The maximum atomic E-state index is 11.8. The molecule has 2 saturated heterocycles. The number of amides is 1. The minimum atomic E-state index is 0.0189. The Morgan fingerprint density at radius 2 is 2.10 bits per heavy atom. The molecular formula is C16H23N3O. The van der Waals surface area contributed by atoms with Crippen LogP contribution >= 0.6 is 0 Å². The van der Waals surface area contributed by atoms with Gasteiger partial charge in [0.15, 0.2) is 0 Å². The number of hydrogen-bond acceptors (Lipinski definition) is 3. The van der Waals surface area contributed by atoms with Crippen LogP contribution in [0.5, 0.6) is 0 Å². The number of nitrogens with zero attached hydrogens (tertiary/aromatic N) is 1. The number of nitrogens with one attached hydrogen (secondary N) is 2. The van der Waals surface area contributed by atoms with Crippen LogP contribution in [0.3, 0.4) is 0 Å². The summed E-state index contributed by atoms with van der Waals surface area (Å²) >= 11 is 0. The summed E-state index contributed by atoms with van der Waals surface area (Å²) in [4.78, 5) is 14.2. The van der Waals surface area contributed by atoms with E-state index in [0.29, 0.717) is 6.04 Å². The van der Waals surface area contributed by atoms with Crippen molar-refractivity contribution < 1.29 is 4.79 Å². The molecule has 4 nitrogen and oxygen atoms in total. The molecule has 0 spiro atoms. The first-order valence-corrected chi connectivity index (χ1v) is 7.61. The molecule has 2 N–H and O–H groups in total. The highest BCUT2D eigenvalue weighted by Crippen LogP contribution is 2.15. The van der Waals surface area contributed by atoms with Gasteiger partial charge in [-0.25, -0.2) is 0 Å². The van der Waals surface area contributed by atoms with Gasteiger partial charge in [-0.2, -0.15) is 0 Å². The normalized spacial score (nSPS) is 27.5. The zero-order chi connectivity index (χ0) is 13.8. The van der Waals surface area contributed by atoms with Crippen LogP contribution in [0.25, 0.3) is 0 Å². The van der Waals surface area contributed by atoms with Gasteiger partial charge in [-0.05, 0) is 24.8 Å². The molecule has 0 aromatic heterocycles. The van der Waals surface area contributed by atoms with E-state index in [2.05, 4.69) is 45.9 Å². The molecule has 0 radical (unpaired) electrons. The molecule has 3 rings (SSSR count). The van der Waals surface area contributed by atoms with Gasteiger partial charge in [0.25, 0.3) is 0 Å². The number of hydrogen-bond donors (Lipinski definition) is 2. The Labute approximate surface area is 120 Å². The summed E-state index contributed by atoms with van der Waals surface area (Å²) in [6.45, 7) is 4.00. The van der Waals surface area contributed by atoms with Gasteiger partial charge in [-0.15, -0.1) is 0 Å². The fourth-order valence-electron chi connectivity index (χ4n) is 3.17. The van der Waals surface area contributed by atoms with E-state index in [4.69, 9.17) is 0 Å². The predicted octanol–water partition coefficient (Wildman–Crippen LogP) is 1.13. The summed E-state index contributed by atoms with van der Waals surface area (Å²) in [5.74, 6) is 0.178. The van der Waals surface area contributed by atoms with Crippen molar-refractivity contribution in [1.29, 1.82) is 0 Å². The molecule has 108 valence electrons. The summed E-state index contributed by atoms with van der Waals surface area (Å²) in [5.41, 5.74) is 1.36. The minimum absolute atomic E-state index is 0.0189. The highest BCUT2D eigenvalue weighted by atomic mass is 16.2. The molecule has 2 aliphatic rings. The molecule has 1 aromatic rings. The van der Waals surface area contributed by atoms with Crippen molar-refractivity contribution >= 4 is 5.91 Å². The quantitative estimate of drug-likeness (QED) is 0.864. The van der Waals surface area contributed by atoms with Crippen molar-refractivity contribution in [2.24, 2.45) is 0 Å². The summed E-state index contributed by atoms with van der Waals surface area (Å²) in [7, 11) is 0. The number of rotatable bonds is 4. The van der Waals surface area contributed by atoms with Crippen LogP contribution in [0.1, 0.15) is 24.8 Å². The van der Waals surface area contributed by atoms with Crippen LogP contribution < -0.4 is 10.6 Å². The Morgan fingerprint density at radius 1 is 1.25 bits per heavy atom. The van der Waals surface area contributed by atoms with E-state index in [-0.39, 0.29) is 11.9 Å². The molecule has 2 fully saturated rings. The lowest BCUT2D eigenvalue weighted by Gasteiger charge is -2.26. The number of benzene rings is 1. The molecule has 0 saturated carbocycles. The van der Waals surface area contributed by atoms with Crippen molar-refractivity contribution in [1.82, 2.24) is 15.5 Å². The molecule has 0 bridgehead atoms. The zero-order valence-electron chi connectivity index (χ0n) is 11.8. The van der Waals surface area contributed by atoms with Crippen molar-refractivity contribution in [3.63, 3.8) is 0 Å². The molecule has 2 aliphatic heterocycles. The van der Waals surface area contributed by atoms with Gasteiger partial charge in [0.05, 0.1) is 6.04 Å². The third-order valence-corrected chi connectivity index (χ3v) is 4.24. The van der Waals surface area contributed by atoms with Gasteiger partial charge in [-0.3, -0.25) is 9.69 Å². The smallest absolute Gasteiger partial charge is 0.237 e. The average molecular weight is 273 g/mol. The molecule has 2 atom stereocenters. The molecular weight excluding hydrogens is 250 g/mol. The molecule has 1 amide bonds. The minimum Gasteiger partial charge on any atom is -0.355 e. The fourth-order valence-corrected chi connectivity index (χ4v) is 3.17. The van der Waals surface area contributed by atoms with E-state index >= 15 is 0 Å². The Morgan fingerprint density at radius 3 is 2.90 bits per heavy atom. The Hall–Kier alpha value is -1.39. The maximum absolute atomic E-state index is 11.8. The number of carbonyl (C=O) groups is 1. The first kappa shape index (κ1) is 13.6. The Balaban J connectivity index is 1.48. The summed E-state index contributed by atoms with van der Waals surface area (Å²) in [5, 5.41) is 6.47. The summed E-state index contributed by atoms with van der Waals surface area (Å²) in [6, 6.07) is 11.1. The second kappa shape index (κ2) is 6.37. The third kappa shape index (κ3) is 3.38. The topological polar surface area (TPSA) is 44.4 Å². The van der Waals surface area contributed by atoms with Crippen LogP contribution in [0.4, 0.5) is 0 Å². The predicted molar refractivity (Wildman–Crippen MR) is 79.3 cm³/mol. The van der Waals surface area contributed by atoms with E-state index in [1.54, 1.807) is 0 Å².